The quantitative estimate of drug-likeness (QED) is 0.871. The van der Waals surface area contributed by atoms with Gasteiger partial charge in [-0.15, -0.1) is 0 Å². The highest BCUT2D eigenvalue weighted by Gasteiger charge is 2.30. The van der Waals surface area contributed by atoms with Gasteiger partial charge in [0.05, 0.1) is 0 Å². The highest BCUT2D eigenvalue weighted by atomic mass is 32.2. The fourth-order valence-corrected chi connectivity index (χ4v) is 4.09. The Morgan fingerprint density at radius 2 is 2.05 bits per heavy atom. The zero-order chi connectivity index (χ0) is 14.1. The Hall–Kier alpha value is -0.970. The minimum absolute atomic E-state index is 0.528. The summed E-state index contributed by atoms with van der Waals surface area (Å²) in [5, 5.41) is 4.36. The van der Waals surface area contributed by atoms with Crippen molar-refractivity contribution in [1.82, 2.24) is 9.97 Å². The summed E-state index contributed by atoms with van der Waals surface area (Å²) in [4.78, 5) is 9.19. The van der Waals surface area contributed by atoms with E-state index in [0.717, 1.165) is 17.2 Å². The Kier molecular flexibility index (Phi) is 4.06. The summed E-state index contributed by atoms with van der Waals surface area (Å²) in [5.41, 5.74) is 7.06. The van der Waals surface area contributed by atoms with Gasteiger partial charge in [-0.25, -0.2) is 9.97 Å². The molecule has 0 spiro atoms. The van der Waals surface area contributed by atoms with Gasteiger partial charge in [-0.2, -0.15) is 11.8 Å². The number of hydrogen-bond donors (Lipinski definition) is 2. The lowest BCUT2D eigenvalue weighted by Crippen LogP contribution is -2.27. The normalized spacial score (nSPS) is 25.9. The van der Waals surface area contributed by atoms with Crippen LogP contribution in [0.4, 0.5) is 11.6 Å². The van der Waals surface area contributed by atoms with Gasteiger partial charge in [0.2, 0.25) is 0 Å². The molecule has 0 bridgehead atoms. The van der Waals surface area contributed by atoms with Crippen LogP contribution in [0.3, 0.4) is 0 Å². The predicted octanol–water partition coefficient (Wildman–Crippen LogP) is 3.33. The maximum absolute atomic E-state index is 6.06. The molecule has 2 saturated carbocycles. The minimum Gasteiger partial charge on any atom is -0.383 e. The van der Waals surface area contributed by atoms with Crippen LogP contribution < -0.4 is 11.1 Å². The number of nitrogens with two attached hydrogens (primary N) is 1. The molecule has 0 amide bonds. The predicted molar refractivity (Wildman–Crippen MR) is 86.3 cm³/mol. The smallest absolute Gasteiger partial charge is 0.136 e. The van der Waals surface area contributed by atoms with Crippen molar-refractivity contribution in [3.8, 4) is 0 Å². The number of hydrogen-bond acceptors (Lipinski definition) is 5. The van der Waals surface area contributed by atoms with E-state index in [9.17, 15) is 0 Å². The third-order valence-corrected chi connectivity index (χ3v) is 5.62. The van der Waals surface area contributed by atoms with E-state index in [1.165, 1.54) is 37.9 Å². The van der Waals surface area contributed by atoms with Crippen LogP contribution in [0.15, 0.2) is 0 Å². The molecule has 1 heterocycles. The zero-order valence-electron chi connectivity index (χ0n) is 12.4. The largest absolute Gasteiger partial charge is 0.383 e. The van der Waals surface area contributed by atoms with Crippen LogP contribution in [-0.4, -0.2) is 27.0 Å². The zero-order valence-corrected chi connectivity index (χ0v) is 13.2. The molecule has 2 unspecified atom stereocenters. The number of thioether (sulfide) groups is 1. The van der Waals surface area contributed by atoms with Crippen molar-refractivity contribution in [3.63, 3.8) is 0 Å². The van der Waals surface area contributed by atoms with E-state index in [1.807, 2.05) is 6.92 Å². The Morgan fingerprint density at radius 1 is 1.25 bits per heavy atom. The van der Waals surface area contributed by atoms with E-state index in [4.69, 9.17) is 10.7 Å². The Morgan fingerprint density at radius 3 is 2.75 bits per heavy atom. The summed E-state index contributed by atoms with van der Waals surface area (Å²) in [6, 6.07) is 0.528. The van der Waals surface area contributed by atoms with Gasteiger partial charge < -0.3 is 11.1 Å². The van der Waals surface area contributed by atoms with E-state index >= 15 is 0 Å². The Bertz CT molecular complexity index is 487. The molecule has 0 aromatic carbocycles. The summed E-state index contributed by atoms with van der Waals surface area (Å²) in [6.45, 7) is 4.25. The van der Waals surface area contributed by atoms with Gasteiger partial charge in [-0.3, -0.25) is 0 Å². The lowest BCUT2D eigenvalue weighted by molar-refractivity contribution is 0.756. The third kappa shape index (κ3) is 2.87. The van der Waals surface area contributed by atoms with Crippen LogP contribution in [-0.2, 0) is 0 Å². The van der Waals surface area contributed by atoms with Gasteiger partial charge in [-0.1, -0.05) is 13.3 Å². The summed E-state index contributed by atoms with van der Waals surface area (Å²) in [6.07, 6.45) is 6.27. The number of aromatic nitrogens is 2. The molecule has 4 nitrogen and oxygen atoms in total. The fraction of sp³-hybridized carbons (Fsp3) is 0.733. The first kappa shape index (κ1) is 14.0. The molecule has 0 radical (unpaired) electrons. The van der Waals surface area contributed by atoms with Crippen LogP contribution in [0.25, 0.3) is 0 Å². The van der Waals surface area contributed by atoms with Crippen LogP contribution in [0.5, 0.6) is 0 Å². The van der Waals surface area contributed by atoms with Crippen molar-refractivity contribution in [2.75, 3.05) is 16.8 Å². The maximum Gasteiger partial charge on any atom is 0.136 e. The Balaban J connectivity index is 1.79. The van der Waals surface area contributed by atoms with Gasteiger partial charge in [0.15, 0.2) is 0 Å². The topological polar surface area (TPSA) is 63.8 Å². The van der Waals surface area contributed by atoms with E-state index in [-0.39, 0.29) is 0 Å². The number of anilines is 2. The number of nitrogen functional groups attached to an aromatic ring is 1. The van der Waals surface area contributed by atoms with Crippen molar-refractivity contribution in [1.29, 1.82) is 0 Å². The first-order valence-electron chi connectivity index (χ1n) is 7.71. The van der Waals surface area contributed by atoms with E-state index in [2.05, 4.69) is 29.0 Å². The second-order valence-corrected chi connectivity index (χ2v) is 7.41. The molecule has 1 aromatic rings. The summed E-state index contributed by atoms with van der Waals surface area (Å²) < 4.78 is 0. The van der Waals surface area contributed by atoms with Crippen LogP contribution in [0.2, 0.25) is 0 Å². The fourth-order valence-electron chi connectivity index (χ4n) is 2.90. The summed E-state index contributed by atoms with van der Waals surface area (Å²) in [5.74, 6) is 4.27. The van der Waals surface area contributed by atoms with Crippen molar-refractivity contribution in [2.45, 2.75) is 63.2 Å². The molecular formula is C15H24N4S. The van der Waals surface area contributed by atoms with E-state index < -0.39 is 0 Å². The minimum atomic E-state index is 0.528. The second kappa shape index (κ2) is 5.80. The van der Waals surface area contributed by atoms with E-state index in [0.29, 0.717) is 23.0 Å². The molecule has 20 heavy (non-hydrogen) atoms. The van der Waals surface area contributed by atoms with Crippen molar-refractivity contribution in [2.24, 2.45) is 0 Å². The average molecular weight is 292 g/mol. The molecule has 3 rings (SSSR count). The van der Waals surface area contributed by atoms with E-state index in [1.54, 1.807) is 0 Å². The van der Waals surface area contributed by atoms with Gasteiger partial charge >= 0.3 is 0 Å². The highest BCUT2D eigenvalue weighted by molar-refractivity contribution is 7.99. The maximum atomic E-state index is 6.06. The number of nitrogens with zero attached hydrogens (tertiary/aromatic N) is 2. The van der Waals surface area contributed by atoms with Crippen LogP contribution in [0, 0.1) is 6.92 Å². The molecule has 2 atom stereocenters. The first-order valence-corrected chi connectivity index (χ1v) is 8.76. The molecule has 5 heteroatoms. The number of rotatable bonds is 5. The molecule has 0 aliphatic heterocycles. The van der Waals surface area contributed by atoms with Crippen molar-refractivity contribution < 1.29 is 0 Å². The molecule has 3 N–H and O–H groups in total. The molecular weight excluding hydrogens is 268 g/mol. The van der Waals surface area contributed by atoms with Gasteiger partial charge in [-0.05, 0) is 38.4 Å². The molecule has 2 fully saturated rings. The van der Waals surface area contributed by atoms with Gasteiger partial charge in [0.25, 0.3) is 0 Å². The molecule has 1 aromatic heterocycles. The van der Waals surface area contributed by atoms with Crippen molar-refractivity contribution in [3.05, 3.63) is 11.4 Å². The SMILES string of the molecule is CCSC1CCCC1Nc1nc(C2CC2)nc(N)c1C. The molecule has 0 saturated heterocycles. The molecule has 110 valence electrons. The van der Waals surface area contributed by atoms with Crippen LogP contribution in [0.1, 0.15) is 56.3 Å². The highest BCUT2D eigenvalue weighted by Crippen LogP contribution is 2.40. The third-order valence-electron chi connectivity index (χ3n) is 4.30. The van der Waals surface area contributed by atoms with Gasteiger partial charge in [0, 0.05) is 22.8 Å². The lowest BCUT2D eigenvalue weighted by atomic mass is 10.2. The van der Waals surface area contributed by atoms with Crippen molar-refractivity contribution >= 4 is 23.4 Å². The second-order valence-electron chi connectivity index (χ2n) is 5.89. The standard InChI is InChI=1S/C15H24N4S/c1-3-20-12-6-4-5-11(12)17-14-9(2)13(16)18-15(19-14)10-7-8-10/h10-12H,3-8H2,1-2H3,(H3,16,17,18,19). The first-order chi connectivity index (χ1) is 9.69. The average Bonchev–Trinajstić information content (AvgIpc) is 3.19. The molecule has 2 aliphatic carbocycles. The lowest BCUT2D eigenvalue weighted by Gasteiger charge is -2.22. The summed E-state index contributed by atoms with van der Waals surface area (Å²) in [7, 11) is 0. The Labute approximate surface area is 125 Å². The van der Waals surface area contributed by atoms with Gasteiger partial charge in [0.1, 0.15) is 17.5 Å². The van der Waals surface area contributed by atoms with Crippen LogP contribution >= 0.6 is 11.8 Å². The summed E-state index contributed by atoms with van der Waals surface area (Å²) >= 11 is 2.06. The monoisotopic (exact) mass is 292 g/mol. The molecule has 2 aliphatic rings. The number of nitrogens with one attached hydrogen (secondary N) is 1.